The lowest BCUT2D eigenvalue weighted by Crippen LogP contribution is -1.84. The number of rotatable bonds is 3. The van der Waals surface area contributed by atoms with Crippen molar-refractivity contribution in [2.75, 3.05) is 7.11 Å². The Morgan fingerprint density at radius 2 is 1.69 bits per heavy atom. The third-order valence-electron chi connectivity index (χ3n) is 2.77. The maximum atomic E-state index is 5.22. The van der Waals surface area contributed by atoms with Crippen LogP contribution in [0.1, 0.15) is 12.5 Å². The first-order chi connectivity index (χ1) is 7.83. The number of ether oxygens (including phenoxy) is 1. The Hall–Kier alpha value is -1.76. The molecule has 0 atom stereocenters. The van der Waals surface area contributed by atoms with Crippen molar-refractivity contribution in [3.8, 4) is 16.9 Å². The fourth-order valence-electron chi connectivity index (χ4n) is 1.74. The van der Waals surface area contributed by atoms with Gasteiger partial charge in [-0.3, -0.25) is 0 Å². The number of hydrogen-bond donors (Lipinski definition) is 0. The molecular formula is C15H16O. The molecule has 0 unspecified atom stereocenters. The van der Waals surface area contributed by atoms with Gasteiger partial charge in [0.1, 0.15) is 5.75 Å². The number of benzene rings is 2. The van der Waals surface area contributed by atoms with Crippen LogP contribution in [0.15, 0.2) is 48.5 Å². The molecule has 2 rings (SSSR count). The van der Waals surface area contributed by atoms with Crippen molar-refractivity contribution in [3.63, 3.8) is 0 Å². The third kappa shape index (κ3) is 2.25. The van der Waals surface area contributed by atoms with Gasteiger partial charge in [-0.05, 0) is 35.2 Å². The Morgan fingerprint density at radius 3 is 2.31 bits per heavy atom. The van der Waals surface area contributed by atoms with E-state index in [2.05, 4.69) is 43.3 Å². The summed E-state index contributed by atoms with van der Waals surface area (Å²) in [4.78, 5) is 0. The van der Waals surface area contributed by atoms with E-state index in [1.54, 1.807) is 7.11 Å². The summed E-state index contributed by atoms with van der Waals surface area (Å²) in [6, 6.07) is 16.8. The Bertz CT molecular complexity index is 457. The van der Waals surface area contributed by atoms with Crippen molar-refractivity contribution in [2.24, 2.45) is 0 Å². The lowest BCUT2D eigenvalue weighted by atomic mass is 10.0. The van der Waals surface area contributed by atoms with Crippen molar-refractivity contribution < 1.29 is 4.74 Å². The summed E-state index contributed by atoms with van der Waals surface area (Å²) >= 11 is 0. The summed E-state index contributed by atoms with van der Waals surface area (Å²) < 4.78 is 5.22. The maximum absolute atomic E-state index is 5.22. The quantitative estimate of drug-likeness (QED) is 0.749. The highest BCUT2D eigenvalue weighted by Crippen LogP contribution is 2.23. The van der Waals surface area contributed by atoms with Crippen LogP contribution < -0.4 is 4.74 Å². The first-order valence-electron chi connectivity index (χ1n) is 5.57. The van der Waals surface area contributed by atoms with Gasteiger partial charge in [-0.15, -0.1) is 0 Å². The summed E-state index contributed by atoms with van der Waals surface area (Å²) in [5.74, 6) is 0.900. The predicted octanol–water partition coefficient (Wildman–Crippen LogP) is 3.92. The van der Waals surface area contributed by atoms with Gasteiger partial charge in [-0.25, -0.2) is 0 Å². The molecule has 0 heterocycles. The lowest BCUT2D eigenvalue weighted by Gasteiger charge is -2.05. The van der Waals surface area contributed by atoms with E-state index in [0.29, 0.717) is 0 Å². The number of methoxy groups -OCH3 is 1. The van der Waals surface area contributed by atoms with E-state index >= 15 is 0 Å². The molecule has 0 aliphatic heterocycles. The van der Waals surface area contributed by atoms with Crippen LogP contribution in [-0.4, -0.2) is 7.11 Å². The van der Waals surface area contributed by atoms with Crippen molar-refractivity contribution in [1.29, 1.82) is 0 Å². The largest absolute Gasteiger partial charge is 0.497 e. The maximum Gasteiger partial charge on any atom is 0.119 e. The van der Waals surface area contributed by atoms with Gasteiger partial charge in [0.25, 0.3) is 0 Å². The van der Waals surface area contributed by atoms with Gasteiger partial charge >= 0.3 is 0 Å². The normalized spacial score (nSPS) is 10.1. The molecule has 2 aromatic carbocycles. The van der Waals surface area contributed by atoms with Gasteiger partial charge in [-0.2, -0.15) is 0 Å². The molecular weight excluding hydrogens is 196 g/mol. The van der Waals surface area contributed by atoms with Crippen molar-refractivity contribution in [2.45, 2.75) is 13.3 Å². The van der Waals surface area contributed by atoms with Crippen LogP contribution in [0.25, 0.3) is 11.1 Å². The summed E-state index contributed by atoms with van der Waals surface area (Å²) in [6.45, 7) is 2.17. The average Bonchev–Trinajstić information content (AvgIpc) is 2.39. The SMILES string of the molecule is CCc1ccc(-c2cccc(OC)c2)cc1. The molecule has 0 spiro atoms. The zero-order valence-electron chi connectivity index (χ0n) is 9.73. The predicted molar refractivity (Wildman–Crippen MR) is 67.8 cm³/mol. The molecule has 0 fully saturated rings. The van der Waals surface area contributed by atoms with Gasteiger partial charge in [-0.1, -0.05) is 43.3 Å². The Labute approximate surface area is 96.7 Å². The molecule has 0 aromatic heterocycles. The Morgan fingerprint density at radius 1 is 0.938 bits per heavy atom. The van der Waals surface area contributed by atoms with E-state index < -0.39 is 0 Å². The van der Waals surface area contributed by atoms with Gasteiger partial charge in [0.2, 0.25) is 0 Å². The van der Waals surface area contributed by atoms with E-state index in [0.717, 1.165) is 12.2 Å². The van der Waals surface area contributed by atoms with Crippen LogP contribution in [-0.2, 0) is 6.42 Å². The Kier molecular flexibility index (Phi) is 3.25. The van der Waals surface area contributed by atoms with E-state index in [1.807, 2.05) is 12.1 Å². The van der Waals surface area contributed by atoms with Crippen LogP contribution in [0.2, 0.25) is 0 Å². The first-order valence-corrected chi connectivity index (χ1v) is 5.57. The summed E-state index contributed by atoms with van der Waals surface area (Å²) in [6.07, 6.45) is 1.08. The molecule has 0 amide bonds. The zero-order chi connectivity index (χ0) is 11.4. The van der Waals surface area contributed by atoms with Crippen LogP contribution in [0, 0.1) is 0 Å². The summed E-state index contributed by atoms with van der Waals surface area (Å²) in [5, 5.41) is 0. The lowest BCUT2D eigenvalue weighted by molar-refractivity contribution is 0.415. The minimum Gasteiger partial charge on any atom is -0.497 e. The molecule has 0 bridgehead atoms. The second kappa shape index (κ2) is 4.84. The Balaban J connectivity index is 2.34. The standard InChI is InChI=1S/C15H16O/c1-3-12-7-9-13(10-8-12)14-5-4-6-15(11-14)16-2/h4-11H,3H2,1-2H3. The molecule has 0 N–H and O–H groups in total. The highest BCUT2D eigenvalue weighted by molar-refractivity contribution is 5.65. The monoisotopic (exact) mass is 212 g/mol. The minimum absolute atomic E-state index is 0.900. The van der Waals surface area contributed by atoms with Crippen molar-refractivity contribution in [3.05, 3.63) is 54.1 Å². The smallest absolute Gasteiger partial charge is 0.119 e. The first kappa shape index (κ1) is 10.7. The highest BCUT2D eigenvalue weighted by atomic mass is 16.5. The van der Waals surface area contributed by atoms with Crippen LogP contribution in [0.3, 0.4) is 0 Å². The van der Waals surface area contributed by atoms with Gasteiger partial charge in [0, 0.05) is 0 Å². The highest BCUT2D eigenvalue weighted by Gasteiger charge is 1.99. The molecule has 1 nitrogen and oxygen atoms in total. The summed E-state index contributed by atoms with van der Waals surface area (Å²) in [7, 11) is 1.69. The molecule has 0 aliphatic rings. The fourth-order valence-corrected chi connectivity index (χ4v) is 1.74. The van der Waals surface area contributed by atoms with Crippen molar-refractivity contribution >= 4 is 0 Å². The molecule has 0 saturated carbocycles. The van der Waals surface area contributed by atoms with E-state index in [9.17, 15) is 0 Å². The fraction of sp³-hybridized carbons (Fsp3) is 0.200. The second-order valence-corrected chi connectivity index (χ2v) is 3.78. The van der Waals surface area contributed by atoms with Crippen molar-refractivity contribution in [1.82, 2.24) is 0 Å². The molecule has 1 heteroatoms. The zero-order valence-corrected chi connectivity index (χ0v) is 9.73. The van der Waals surface area contributed by atoms with Crippen LogP contribution >= 0.6 is 0 Å². The van der Waals surface area contributed by atoms with Gasteiger partial charge < -0.3 is 4.74 Å². The molecule has 2 aromatic rings. The van der Waals surface area contributed by atoms with Crippen LogP contribution in [0.4, 0.5) is 0 Å². The van der Waals surface area contributed by atoms with Gasteiger partial charge in [0.05, 0.1) is 7.11 Å². The van der Waals surface area contributed by atoms with E-state index in [1.165, 1.54) is 16.7 Å². The average molecular weight is 212 g/mol. The van der Waals surface area contributed by atoms with E-state index in [4.69, 9.17) is 4.74 Å². The molecule has 16 heavy (non-hydrogen) atoms. The van der Waals surface area contributed by atoms with Gasteiger partial charge in [0.15, 0.2) is 0 Å². The minimum atomic E-state index is 0.900. The number of hydrogen-bond acceptors (Lipinski definition) is 1. The van der Waals surface area contributed by atoms with E-state index in [-0.39, 0.29) is 0 Å². The third-order valence-corrected chi connectivity index (χ3v) is 2.77. The molecule has 0 saturated heterocycles. The summed E-state index contributed by atoms with van der Waals surface area (Å²) in [5.41, 5.74) is 3.80. The van der Waals surface area contributed by atoms with Crippen LogP contribution in [0.5, 0.6) is 5.75 Å². The second-order valence-electron chi connectivity index (χ2n) is 3.78. The topological polar surface area (TPSA) is 9.23 Å². The molecule has 82 valence electrons. The molecule has 0 aliphatic carbocycles. The number of aryl methyl sites for hydroxylation is 1. The molecule has 0 radical (unpaired) electrons.